The average Bonchev–Trinajstić information content (AvgIpc) is 2.51. The van der Waals surface area contributed by atoms with Crippen molar-refractivity contribution in [1.82, 2.24) is 0 Å². The van der Waals surface area contributed by atoms with Gasteiger partial charge in [-0.15, -0.1) is 0 Å². The number of hydrogen-bond acceptors (Lipinski definition) is 4. The zero-order valence-corrected chi connectivity index (χ0v) is 14.4. The average molecular weight is 340 g/mol. The van der Waals surface area contributed by atoms with Crippen molar-refractivity contribution >= 4 is 29.2 Å². The number of rotatable bonds is 5. The highest BCUT2D eigenvalue weighted by atomic mass is 16.5. The van der Waals surface area contributed by atoms with Gasteiger partial charge >= 0.3 is 5.97 Å². The fraction of sp³-hybridized carbons (Fsp3) is 0.211. The summed E-state index contributed by atoms with van der Waals surface area (Å²) in [6.07, 6.45) is 0. The SMILES string of the molecule is CC(=O)Nc1cccc(C(=O)OCC(=O)Nc2cc(C)cc(C)c2)c1. The second-order valence-electron chi connectivity index (χ2n) is 5.76. The summed E-state index contributed by atoms with van der Waals surface area (Å²) in [6.45, 7) is 4.86. The predicted molar refractivity (Wildman–Crippen MR) is 95.6 cm³/mol. The number of benzene rings is 2. The fourth-order valence-corrected chi connectivity index (χ4v) is 2.39. The number of hydrogen-bond donors (Lipinski definition) is 2. The minimum absolute atomic E-state index is 0.238. The first-order chi connectivity index (χ1) is 11.8. The zero-order chi connectivity index (χ0) is 18.4. The van der Waals surface area contributed by atoms with Gasteiger partial charge in [0, 0.05) is 18.3 Å². The first-order valence-electron chi connectivity index (χ1n) is 7.76. The Hall–Kier alpha value is -3.15. The van der Waals surface area contributed by atoms with Gasteiger partial charge in [0.15, 0.2) is 6.61 Å². The van der Waals surface area contributed by atoms with Gasteiger partial charge in [0.05, 0.1) is 5.56 Å². The standard InChI is InChI=1S/C19H20N2O4/c1-12-7-13(2)9-17(8-12)21-18(23)11-25-19(24)15-5-4-6-16(10-15)20-14(3)22/h4-10H,11H2,1-3H3,(H,20,22)(H,21,23). The minimum atomic E-state index is -0.636. The highest BCUT2D eigenvalue weighted by Gasteiger charge is 2.11. The molecule has 2 aromatic carbocycles. The van der Waals surface area contributed by atoms with Crippen LogP contribution in [0.4, 0.5) is 11.4 Å². The molecule has 0 saturated carbocycles. The van der Waals surface area contributed by atoms with Crippen LogP contribution >= 0.6 is 0 Å². The monoisotopic (exact) mass is 340 g/mol. The van der Waals surface area contributed by atoms with E-state index in [2.05, 4.69) is 10.6 Å². The lowest BCUT2D eigenvalue weighted by molar-refractivity contribution is -0.119. The number of carbonyl (C=O) groups is 3. The Bertz CT molecular complexity index is 795. The van der Waals surface area contributed by atoms with E-state index in [9.17, 15) is 14.4 Å². The zero-order valence-electron chi connectivity index (χ0n) is 14.4. The van der Waals surface area contributed by atoms with Gasteiger partial charge in [0.1, 0.15) is 0 Å². The van der Waals surface area contributed by atoms with E-state index < -0.39 is 18.5 Å². The molecule has 2 amide bonds. The van der Waals surface area contributed by atoms with E-state index in [4.69, 9.17) is 4.74 Å². The van der Waals surface area contributed by atoms with Crippen LogP contribution in [0.2, 0.25) is 0 Å². The molecule has 0 spiro atoms. The summed E-state index contributed by atoms with van der Waals surface area (Å²) in [7, 11) is 0. The molecule has 0 radical (unpaired) electrons. The topological polar surface area (TPSA) is 84.5 Å². The molecule has 0 unspecified atom stereocenters. The highest BCUT2D eigenvalue weighted by Crippen LogP contribution is 2.14. The number of anilines is 2. The summed E-state index contributed by atoms with van der Waals surface area (Å²) in [5.74, 6) is -1.29. The Balaban J connectivity index is 1.93. The highest BCUT2D eigenvalue weighted by molar-refractivity contribution is 5.96. The summed E-state index contributed by atoms with van der Waals surface area (Å²) in [5.41, 5.74) is 3.46. The molecule has 0 aromatic heterocycles. The van der Waals surface area contributed by atoms with Crippen LogP contribution in [0.1, 0.15) is 28.4 Å². The lowest BCUT2D eigenvalue weighted by atomic mass is 10.1. The van der Waals surface area contributed by atoms with Gasteiger partial charge in [-0.05, 0) is 55.3 Å². The number of aryl methyl sites for hydroxylation is 2. The summed E-state index contributed by atoms with van der Waals surface area (Å²) in [6, 6.07) is 12.0. The Morgan fingerprint density at radius 2 is 1.60 bits per heavy atom. The lowest BCUT2D eigenvalue weighted by Crippen LogP contribution is -2.21. The van der Waals surface area contributed by atoms with E-state index in [-0.39, 0.29) is 11.5 Å². The molecule has 6 nitrogen and oxygen atoms in total. The molecule has 25 heavy (non-hydrogen) atoms. The Morgan fingerprint density at radius 1 is 0.920 bits per heavy atom. The van der Waals surface area contributed by atoms with Crippen molar-refractivity contribution in [2.75, 3.05) is 17.2 Å². The summed E-state index contributed by atoms with van der Waals surface area (Å²) < 4.78 is 5.02. The summed E-state index contributed by atoms with van der Waals surface area (Å²) >= 11 is 0. The van der Waals surface area contributed by atoms with Gasteiger partial charge in [-0.3, -0.25) is 9.59 Å². The molecule has 130 valence electrons. The van der Waals surface area contributed by atoms with Crippen molar-refractivity contribution in [2.45, 2.75) is 20.8 Å². The minimum Gasteiger partial charge on any atom is -0.452 e. The first kappa shape index (κ1) is 18.2. The van der Waals surface area contributed by atoms with Gasteiger partial charge in [0.2, 0.25) is 5.91 Å². The van der Waals surface area contributed by atoms with E-state index >= 15 is 0 Å². The van der Waals surface area contributed by atoms with Crippen LogP contribution in [0.25, 0.3) is 0 Å². The van der Waals surface area contributed by atoms with Crippen LogP contribution in [-0.4, -0.2) is 24.4 Å². The van der Waals surface area contributed by atoms with Crippen molar-refractivity contribution in [3.63, 3.8) is 0 Å². The lowest BCUT2D eigenvalue weighted by Gasteiger charge is -2.09. The number of nitrogens with one attached hydrogen (secondary N) is 2. The van der Waals surface area contributed by atoms with Gasteiger partial charge < -0.3 is 15.4 Å². The molecule has 0 aliphatic rings. The van der Waals surface area contributed by atoms with Gasteiger partial charge in [-0.25, -0.2) is 4.79 Å². The maximum Gasteiger partial charge on any atom is 0.338 e. The van der Waals surface area contributed by atoms with Crippen molar-refractivity contribution in [2.24, 2.45) is 0 Å². The quantitative estimate of drug-likeness (QED) is 0.819. The number of ether oxygens (including phenoxy) is 1. The molecule has 0 atom stereocenters. The number of esters is 1. The third-order valence-electron chi connectivity index (χ3n) is 3.26. The van der Waals surface area contributed by atoms with Crippen molar-refractivity contribution < 1.29 is 19.1 Å². The van der Waals surface area contributed by atoms with Crippen LogP contribution in [0.3, 0.4) is 0 Å². The second kappa shape index (κ2) is 8.10. The van der Waals surface area contributed by atoms with Crippen LogP contribution in [0.5, 0.6) is 0 Å². The molecule has 2 rings (SSSR count). The Labute approximate surface area is 146 Å². The normalized spacial score (nSPS) is 10.0. The van der Waals surface area contributed by atoms with Crippen molar-refractivity contribution in [1.29, 1.82) is 0 Å². The summed E-state index contributed by atoms with van der Waals surface area (Å²) in [5, 5.41) is 5.28. The number of amides is 2. The van der Waals surface area contributed by atoms with Gasteiger partial charge in [-0.2, -0.15) is 0 Å². The predicted octanol–water partition coefficient (Wildman–Crippen LogP) is 3.06. The third kappa shape index (κ3) is 5.76. The second-order valence-corrected chi connectivity index (χ2v) is 5.76. The largest absolute Gasteiger partial charge is 0.452 e. The van der Waals surface area contributed by atoms with Crippen LogP contribution in [-0.2, 0) is 14.3 Å². The van der Waals surface area contributed by atoms with Crippen molar-refractivity contribution in [3.05, 3.63) is 59.2 Å². The maximum atomic E-state index is 12.0. The van der Waals surface area contributed by atoms with Gasteiger partial charge in [-0.1, -0.05) is 12.1 Å². The molecule has 0 aliphatic heterocycles. The Kier molecular flexibility index (Phi) is 5.89. The van der Waals surface area contributed by atoms with E-state index in [1.165, 1.54) is 13.0 Å². The first-order valence-corrected chi connectivity index (χ1v) is 7.76. The molecular formula is C19H20N2O4. The fourth-order valence-electron chi connectivity index (χ4n) is 2.39. The summed E-state index contributed by atoms with van der Waals surface area (Å²) in [4.78, 5) is 35.0. The molecule has 2 aromatic rings. The molecule has 2 N–H and O–H groups in total. The smallest absolute Gasteiger partial charge is 0.338 e. The van der Waals surface area contributed by atoms with E-state index in [1.54, 1.807) is 18.2 Å². The van der Waals surface area contributed by atoms with Crippen LogP contribution in [0, 0.1) is 13.8 Å². The van der Waals surface area contributed by atoms with E-state index in [0.29, 0.717) is 11.4 Å². The van der Waals surface area contributed by atoms with E-state index in [1.807, 2.05) is 32.0 Å². The molecule has 0 aliphatic carbocycles. The molecule has 6 heteroatoms. The Morgan fingerprint density at radius 3 is 2.24 bits per heavy atom. The molecule has 0 fully saturated rings. The number of carbonyl (C=O) groups excluding carboxylic acids is 3. The molecule has 0 saturated heterocycles. The van der Waals surface area contributed by atoms with Crippen LogP contribution in [0.15, 0.2) is 42.5 Å². The molecular weight excluding hydrogens is 320 g/mol. The molecule has 0 heterocycles. The maximum absolute atomic E-state index is 12.0. The van der Waals surface area contributed by atoms with Gasteiger partial charge in [0.25, 0.3) is 5.91 Å². The van der Waals surface area contributed by atoms with Crippen molar-refractivity contribution in [3.8, 4) is 0 Å². The third-order valence-corrected chi connectivity index (χ3v) is 3.26. The van der Waals surface area contributed by atoms with Crippen LogP contribution < -0.4 is 10.6 Å². The van der Waals surface area contributed by atoms with E-state index in [0.717, 1.165) is 11.1 Å². The molecule has 0 bridgehead atoms.